The normalized spacial score (nSPS) is 14.1. The van der Waals surface area contributed by atoms with Crippen LogP contribution in [-0.4, -0.2) is 31.2 Å². The van der Waals surface area contributed by atoms with E-state index in [1.165, 1.54) is 35.4 Å². The maximum absolute atomic E-state index is 11.4. The second-order valence-electron chi connectivity index (χ2n) is 6.78. The summed E-state index contributed by atoms with van der Waals surface area (Å²) in [7, 11) is -3.78. The van der Waals surface area contributed by atoms with Crippen molar-refractivity contribution < 1.29 is 13.2 Å². The first-order chi connectivity index (χ1) is 12.0. The number of hydrogen-bond acceptors (Lipinski definition) is 4. The van der Waals surface area contributed by atoms with Crippen LogP contribution >= 0.6 is 11.8 Å². The molecule has 0 fully saturated rings. The van der Waals surface area contributed by atoms with E-state index in [1.54, 1.807) is 0 Å². The van der Waals surface area contributed by atoms with Crippen molar-refractivity contribution in [3.63, 3.8) is 0 Å². The highest BCUT2D eigenvalue weighted by atomic mass is 32.2. The first-order valence-corrected chi connectivity index (χ1v) is 11.6. The second-order valence-corrected chi connectivity index (χ2v) is 9.60. The van der Waals surface area contributed by atoms with Crippen molar-refractivity contribution in [2.45, 2.75) is 65.7 Å². The summed E-state index contributed by atoms with van der Waals surface area (Å²) in [6.07, 6.45) is 10.8. The number of rotatable bonds is 12. The lowest BCUT2D eigenvalue weighted by Gasteiger charge is -2.14. The average Bonchev–Trinajstić information content (AvgIpc) is 2.48. The minimum Gasteiger partial charge on any atom is -0.338 e. The zero-order valence-corrected chi connectivity index (χ0v) is 18.3. The van der Waals surface area contributed by atoms with Crippen LogP contribution in [0.15, 0.2) is 34.9 Å². The molecule has 1 unspecified atom stereocenters. The lowest BCUT2D eigenvalue weighted by molar-refractivity contribution is -0.119. The van der Waals surface area contributed by atoms with Crippen LogP contribution < -0.4 is 10.5 Å². The van der Waals surface area contributed by atoms with Gasteiger partial charge in [-0.15, -0.1) is 0 Å². The first-order valence-electron chi connectivity index (χ1n) is 8.83. The molecule has 0 bridgehead atoms. The van der Waals surface area contributed by atoms with Crippen LogP contribution in [0.25, 0.3) is 0 Å². The fourth-order valence-electron chi connectivity index (χ4n) is 2.16. The summed E-state index contributed by atoms with van der Waals surface area (Å²) in [4.78, 5) is 11.1. The smallest absolute Gasteiger partial charge is 0.231 e. The molecule has 3 N–H and O–H groups in total. The van der Waals surface area contributed by atoms with Crippen LogP contribution in [0.2, 0.25) is 0 Å². The molecule has 0 radical (unpaired) electrons. The lowest BCUT2D eigenvalue weighted by Crippen LogP contribution is -2.44. The second kappa shape index (κ2) is 13.2. The molecule has 0 saturated carbocycles. The third-order valence-electron chi connectivity index (χ3n) is 3.70. The molecule has 0 saturated heterocycles. The van der Waals surface area contributed by atoms with E-state index in [9.17, 15) is 13.2 Å². The third-order valence-corrected chi connectivity index (χ3v) is 5.96. The number of thioether (sulfide) groups is 1. The highest BCUT2D eigenvalue weighted by Crippen LogP contribution is 2.13. The number of sulfonamides is 1. The third kappa shape index (κ3) is 14.2. The number of carbonyl (C=O) groups excluding carboxylic acids is 1. The Balaban J connectivity index is 4.21. The van der Waals surface area contributed by atoms with Gasteiger partial charge in [0.1, 0.15) is 0 Å². The largest absolute Gasteiger partial charge is 0.338 e. The molecule has 150 valence electrons. The summed E-state index contributed by atoms with van der Waals surface area (Å²) < 4.78 is 22.9. The number of primary sulfonamides is 1. The number of hydrogen-bond donors (Lipinski definition) is 2. The predicted octanol–water partition coefficient (Wildman–Crippen LogP) is 3.89. The van der Waals surface area contributed by atoms with Gasteiger partial charge >= 0.3 is 0 Å². The standard InChI is InChI=1S/C19H34N2O3S2/c1-15(2)8-6-9-16(3)10-7-11-17(4)12-13-25-14-19(21-18(5)22)26(20,23)24/h8,10,12,19H,6-7,9,11,13-14H2,1-5H3,(H,21,22)(H2,20,23,24)/b16-10+,17-12+. The van der Waals surface area contributed by atoms with E-state index < -0.39 is 21.3 Å². The highest BCUT2D eigenvalue weighted by Gasteiger charge is 2.21. The molecule has 0 aliphatic rings. The lowest BCUT2D eigenvalue weighted by atomic mass is 10.1. The molecule has 0 aliphatic carbocycles. The van der Waals surface area contributed by atoms with Gasteiger partial charge in [0.15, 0.2) is 5.37 Å². The predicted molar refractivity (Wildman–Crippen MR) is 113 cm³/mol. The maximum Gasteiger partial charge on any atom is 0.231 e. The molecular formula is C19H34N2O3S2. The van der Waals surface area contributed by atoms with Crippen molar-refractivity contribution >= 4 is 27.7 Å². The Morgan fingerprint density at radius 2 is 1.54 bits per heavy atom. The van der Waals surface area contributed by atoms with Crippen LogP contribution in [0.4, 0.5) is 0 Å². The summed E-state index contributed by atoms with van der Waals surface area (Å²) in [6.45, 7) is 9.77. The van der Waals surface area contributed by atoms with Crippen molar-refractivity contribution in [3.8, 4) is 0 Å². The van der Waals surface area contributed by atoms with Crippen molar-refractivity contribution in [1.29, 1.82) is 0 Å². The van der Waals surface area contributed by atoms with Gasteiger partial charge in [-0.2, -0.15) is 11.8 Å². The monoisotopic (exact) mass is 402 g/mol. The van der Waals surface area contributed by atoms with Crippen LogP contribution in [0.1, 0.15) is 60.3 Å². The summed E-state index contributed by atoms with van der Waals surface area (Å²) in [5.74, 6) is 0.537. The number of carbonyl (C=O) groups is 1. The van der Waals surface area contributed by atoms with Crippen molar-refractivity contribution in [3.05, 3.63) is 34.9 Å². The molecule has 0 rings (SSSR count). The van der Waals surface area contributed by atoms with Crippen molar-refractivity contribution in [1.82, 2.24) is 5.32 Å². The van der Waals surface area contributed by atoms with Gasteiger partial charge in [0, 0.05) is 18.4 Å². The SMILES string of the molecule is CC(=O)NC(CSC/C=C(\C)CC/C=C(\C)CCC=C(C)C)S(N)(=O)=O. The average molecular weight is 403 g/mol. The van der Waals surface area contributed by atoms with Crippen LogP contribution in [-0.2, 0) is 14.8 Å². The molecule has 0 heterocycles. The Morgan fingerprint density at radius 3 is 2.04 bits per heavy atom. The zero-order valence-electron chi connectivity index (χ0n) is 16.7. The van der Waals surface area contributed by atoms with Gasteiger partial charge in [-0.3, -0.25) is 4.79 Å². The Labute approximate surface area is 163 Å². The van der Waals surface area contributed by atoms with Gasteiger partial charge in [-0.25, -0.2) is 13.6 Å². The van der Waals surface area contributed by atoms with E-state index in [2.05, 4.69) is 51.2 Å². The van der Waals surface area contributed by atoms with Crippen molar-refractivity contribution in [2.24, 2.45) is 5.14 Å². The number of nitrogens with two attached hydrogens (primary N) is 1. The maximum atomic E-state index is 11.4. The van der Waals surface area contributed by atoms with Gasteiger partial charge in [0.25, 0.3) is 0 Å². The summed E-state index contributed by atoms with van der Waals surface area (Å²) in [5.41, 5.74) is 4.05. The van der Waals surface area contributed by atoms with E-state index in [4.69, 9.17) is 5.14 Å². The number of amides is 1. The summed E-state index contributed by atoms with van der Waals surface area (Å²) in [6, 6.07) is 0. The van der Waals surface area contributed by atoms with E-state index in [0.29, 0.717) is 5.75 Å². The highest BCUT2D eigenvalue weighted by molar-refractivity contribution is 8.00. The molecule has 0 aromatic heterocycles. The molecule has 0 aromatic rings. The summed E-state index contributed by atoms with van der Waals surface area (Å²) in [5, 5.41) is 6.47. The van der Waals surface area contributed by atoms with Gasteiger partial charge in [0.05, 0.1) is 0 Å². The number of allylic oxidation sites excluding steroid dienone is 5. The molecule has 7 heteroatoms. The Bertz CT molecular complexity index is 631. The van der Waals surface area contributed by atoms with E-state index in [-0.39, 0.29) is 5.75 Å². The molecule has 0 aromatic carbocycles. The van der Waals surface area contributed by atoms with E-state index >= 15 is 0 Å². The van der Waals surface area contributed by atoms with Gasteiger partial charge in [-0.05, 0) is 53.4 Å². The Morgan fingerprint density at radius 1 is 1.00 bits per heavy atom. The molecule has 26 heavy (non-hydrogen) atoms. The van der Waals surface area contributed by atoms with E-state index in [0.717, 1.165) is 25.7 Å². The number of nitrogens with one attached hydrogen (secondary N) is 1. The fourth-order valence-corrected chi connectivity index (χ4v) is 4.37. The van der Waals surface area contributed by atoms with Crippen LogP contribution in [0, 0.1) is 0 Å². The van der Waals surface area contributed by atoms with Crippen LogP contribution in [0.3, 0.4) is 0 Å². The van der Waals surface area contributed by atoms with Gasteiger partial charge in [-0.1, -0.05) is 34.9 Å². The summed E-state index contributed by atoms with van der Waals surface area (Å²) >= 11 is 1.44. The van der Waals surface area contributed by atoms with E-state index in [1.807, 2.05) is 0 Å². The molecule has 1 atom stereocenters. The van der Waals surface area contributed by atoms with Crippen LogP contribution in [0.5, 0.6) is 0 Å². The quantitative estimate of drug-likeness (QED) is 0.383. The minimum absolute atomic E-state index is 0.242. The topological polar surface area (TPSA) is 89.3 Å². The molecule has 0 spiro atoms. The zero-order chi connectivity index (χ0) is 20.2. The molecular weight excluding hydrogens is 368 g/mol. The van der Waals surface area contributed by atoms with Crippen molar-refractivity contribution in [2.75, 3.05) is 11.5 Å². The molecule has 1 amide bonds. The van der Waals surface area contributed by atoms with Gasteiger partial charge in [0.2, 0.25) is 15.9 Å². The Kier molecular flexibility index (Phi) is 12.6. The molecule has 0 aliphatic heterocycles. The molecule has 5 nitrogen and oxygen atoms in total. The minimum atomic E-state index is -3.78. The van der Waals surface area contributed by atoms with Gasteiger partial charge < -0.3 is 5.32 Å². The fraction of sp³-hybridized carbons (Fsp3) is 0.632. The first kappa shape index (κ1) is 24.9. The Hall–Kier alpha value is -1.05.